The lowest BCUT2D eigenvalue weighted by molar-refractivity contribution is 0.122. The van der Waals surface area contributed by atoms with E-state index in [9.17, 15) is 0 Å². The first kappa shape index (κ1) is 18.2. The summed E-state index contributed by atoms with van der Waals surface area (Å²) in [6.45, 7) is 4.38. The van der Waals surface area contributed by atoms with Crippen LogP contribution in [0.5, 0.6) is 0 Å². The molecule has 4 heterocycles. The Balaban J connectivity index is 1.33. The fourth-order valence-corrected chi connectivity index (χ4v) is 4.11. The molecule has 1 aromatic carbocycles. The van der Waals surface area contributed by atoms with Gasteiger partial charge < -0.3 is 19.5 Å². The standard InChI is InChI=1S/C21H21N5O2S/c1-2-5-17-15(4-1)12-16(20(23-17)26-7-9-27-10-8-26)13-22-14-19-24-21(28-25-19)18-6-3-11-29-18/h1-6,11-12,22H,7-10,13-14H2. The zero-order valence-corrected chi connectivity index (χ0v) is 16.7. The first-order valence-electron chi connectivity index (χ1n) is 9.65. The molecule has 8 heteroatoms. The van der Waals surface area contributed by atoms with Crippen molar-refractivity contribution in [2.75, 3.05) is 31.2 Å². The normalized spacial score (nSPS) is 14.6. The molecule has 1 N–H and O–H groups in total. The van der Waals surface area contributed by atoms with E-state index < -0.39 is 0 Å². The molecule has 0 saturated carbocycles. The van der Waals surface area contributed by atoms with E-state index in [4.69, 9.17) is 14.2 Å². The van der Waals surface area contributed by atoms with Crippen molar-refractivity contribution in [1.82, 2.24) is 20.4 Å². The third-order valence-electron chi connectivity index (χ3n) is 4.89. The van der Waals surface area contributed by atoms with Crippen LogP contribution in [0.3, 0.4) is 0 Å². The molecule has 0 amide bonds. The second-order valence-corrected chi connectivity index (χ2v) is 7.81. The van der Waals surface area contributed by atoms with E-state index in [2.05, 4.69) is 38.6 Å². The van der Waals surface area contributed by atoms with Crippen LogP contribution >= 0.6 is 11.3 Å². The minimum atomic E-state index is 0.532. The summed E-state index contributed by atoms with van der Waals surface area (Å²) in [5.41, 5.74) is 2.17. The smallest absolute Gasteiger partial charge is 0.268 e. The predicted octanol–water partition coefficient (Wildman–Crippen LogP) is 3.47. The molecule has 0 bridgehead atoms. The number of thiophene rings is 1. The van der Waals surface area contributed by atoms with Gasteiger partial charge in [0.1, 0.15) is 5.82 Å². The number of ether oxygens (including phenoxy) is 1. The maximum absolute atomic E-state index is 5.51. The Morgan fingerprint density at radius 3 is 2.79 bits per heavy atom. The van der Waals surface area contributed by atoms with E-state index in [0.717, 1.165) is 53.5 Å². The zero-order chi connectivity index (χ0) is 19.5. The average Bonchev–Trinajstić information content (AvgIpc) is 3.46. The number of aromatic nitrogens is 3. The first-order chi connectivity index (χ1) is 14.4. The number of benzene rings is 1. The third kappa shape index (κ3) is 4.00. The number of fused-ring (bicyclic) bond motifs is 1. The van der Waals surface area contributed by atoms with Gasteiger partial charge in [-0.1, -0.05) is 29.4 Å². The summed E-state index contributed by atoms with van der Waals surface area (Å²) in [4.78, 5) is 12.7. The molecule has 3 aromatic heterocycles. The number of nitrogens with zero attached hydrogens (tertiary/aromatic N) is 4. The van der Waals surface area contributed by atoms with Crippen molar-refractivity contribution in [3.05, 3.63) is 59.2 Å². The second-order valence-electron chi connectivity index (χ2n) is 6.86. The molecule has 1 fully saturated rings. The number of rotatable bonds is 6. The number of anilines is 1. The Morgan fingerprint density at radius 2 is 1.93 bits per heavy atom. The van der Waals surface area contributed by atoms with Crippen LogP contribution in [0, 0.1) is 0 Å². The van der Waals surface area contributed by atoms with E-state index in [1.807, 2.05) is 29.6 Å². The van der Waals surface area contributed by atoms with Gasteiger partial charge in [0.15, 0.2) is 5.82 Å². The van der Waals surface area contributed by atoms with E-state index in [1.165, 1.54) is 0 Å². The topological polar surface area (TPSA) is 76.3 Å². The van der Waals surface area contributed by atoms with Gasteiger partial charge in [0.25, 0.3) is 5.89 Å². The van der Waals surface area contributed by atoms with Crippen LogP contribution in [0.1, 0.15) is 11.4 Å². The number of hydrogen-bond donors (Lipinski definition) is 1. The lowest BCUT2D eigenvalue weighted by Gasteiger charge is -2.30. The molecule has 0 aliphatic carbocycles. The molecule has 1 saturated heterocycles. The van der Waals surface area contributed by atoms with Crippen LogP contribution in [0.15, 0.2) is 52.4 Å². The van der Waals surface area contributed by atoms with E-state index in [-0.39, 0.29) is 0 Å². The van der Waals surface area contributed by atoms with Gasteiger partial charge in [0.05, 0.1) is 30.2 Å². The van der Waals surface area contributed by atoms with Gasteiger partial charge in [0.2, 0.25) is 0 Å². The highest BCUT2D eigenvalue weighted by molar-refractivity contribution is 7.13. The van der Waals surface area contributed by atoms with Crippen molar-refractivity contribution >= 4 is 28.1 Å². The van der Waals surface area contributed by atoms with Crippen LogP contribution in [-0.2, 0) is 17.8 Å². The lowest BCUT2D eigenvalue weighted by Crippen LogP contribution is -2.37. The number of pyridine rings is 1. The number of para-hydroxylation sites is 1. The van der Waals surface area contributed by atoms with Crippen LogP contribution in [0.4, 0.5) is 5.82 Å². The molecule has 0 spiro atoms. The molecular formula is C21H21N5O2S. The fourth-order valence-electron chi connectivity index (χ4n) is 3.46. The van der Waals surface area contributed by atoms with E-state index in [0.29, 0.717) is 24.8 Å². The summed E-state index contributed by atoms with van der Waals surface area (Å²) in [6.07, 6.45) is 0. The summed E-state index contributed by atoms with van der Waals surface area (Å²) in [5, 5.41) is 10.7. The molecule has 7 nitrogen and oxygen atoms in total. The Morgan fingerprint density at radius 1 is 1.03 bits per heavy atom. The van der Waals surface area contributed by atoms with Gasteiger partial charge in [-0.2, -0.15) is 4.98 Å². The number of nitrogens with one attached hydrogen (secondary N) is 1. The van der Waals surface area contributed by atoms with Gasteiger partial charge in [-0.15, -0.1) is 11.3 Å². The molecule has 0 radical (unpaired) electrons. The van der Waals surface area contributed by atoms with Crippen LogP contribution in [0.2, 0.25) is 0 Å². The van der Waals surface area contributed by atoms with Gasteiger partial charge in [-0.3, -0.25) is 0 Å². The van der Waals surface area contributed by atoms with Gasteiger partial charge in [-0.05, 0) is 23.6 Å². The fraction of sp³-hybridized carbons (Fsp3) is 0.286. The second kappa shape index (κ2) is 8.28. The zero-order valence-electron chi connectivity index (χ0n) is 15.9. The Bertz CT molecular complexity index is 1090. The van der Waals surface area contributed by atoms with Crippen molar-refractivity contribution in [1.29, 1.82) is 0 Å². The van der Waals surface area contributed by atoms with E-state index in [1.54, 1.807) is 11.3 Å². The summed E-state index contributed by atoms with van der Waals surface area (Å²) < 4.78 is 10.9. The Kier molecular flexibility index (Phi) is 5.21. The molecule has 5 rings (SSSR count). The molecule has 148 valence electrons. The molecule has 0 atom stereocenters. The van der Waals surface area contributed by atoms with Crippen molar-refractivity contribution in [2.24, 2.45) is 0 Å². The summed E-state index contributed by atoms with van der Waals surface area (Å²) in [5.74, 6) is 2.24. The first-order valence-corrected chi connectivity index (χ1v) is 10.5. The molecule has 1 aliphatic rings. The minimum Gasteiger partial charge on any atom is -0.378 e. The van der Waals surface area contributed by atoms with Crippen molar-refractivity contribution in [3.63, 3.8) is 0 Å². The summed E-state index contributed by atoms with van der Waals surface area (Å²) in [7, 11) is 0. The highest BCUT2D eigenvalue weighted by atomic mass is 32.1. The van der Waals surface area contributed by atoms with Gasteiger partial charge in [-0.25, -0.2) is 4.98 Å². The lowest BCUT2D eigenvalue weighted by atomic mass is 10.1. The molecule has 29 heavy (non-hydrogen) atoms. The summed E-state index contributed by atoms with van der Waals surface area (Å²) in [6, 6.07) is 14.4. The largest absolute Gasteiger partial charge is 0.378 e. The average molecular weight is 407 g/mol. The quantitative estimate of drug-likeness (QED) is 0.524. The van der Waals surface area contributed by atoms with Crippen LogP contribution in [0.25, 0.3) is 21.7 Å². The molecule has 0 unspecified atom stereocenters. The SMILES string of the molecule is c1csc(-c2nc(CNCc3cc4ccccc4nc3N3CCOCC3)no2)c1. The van der Waals surface area contributed by atoms with Crippen molar-refractivity contribution in [2.45, 2.75) is 13.1 Å². The van der Waals surface area contributed by atoms with Gasteiger partial charge in [0, 0.05) is 30.6 Å². The van der Waals surface area contributed by atoms with Crippen LogP contribution < -0.4 is 10.2 Å². The van der Waals surface area contributed by atoms with Crippen molar-refractivity contribution < 1.29 is 9.26 Å². The molecular weight excluding hydrogens is 386 g/mol. The van der Waals surface area contributed by atoms with Gasteiger partial charge >= 0.3 is 0 Å². The highest BCUT2D eigenvalue weighted by Crippen LogP contribution is 2.25. The number of morpholine rings is 1. The van der Waals surface area contributed by atoms with Crippen molar-refractivity contribution in [3.8, 4) is 10.8 Å². The monoisotopic (exact) mass is 407 g/mol. The number of hydrogen-bond acceptors (Lipinski definition) is 8. The maximum Gasteiger partial charge on any atom is 0.268 e. The third-order valence-corrected chi connectivity index (χ3v) is 5.75. The highest BCUT2D eigenvalue weighted by Gasteiger charge is 2.17. The predicted molar refractivity (Wildman–Crippen MR) is 113 cm³/mol. The Hall–Kier alpha value is -2.81. The van der Waals surface area contributed by atoms with Crippen LogP contribution in [-0.4, -0.2) is 41.4 Å². The van der Waals surface area contributed by atoms with E-state index >= 15 is 0 Å². The summed E-state index contributed by atoms with van der Waals surface area (Å²) >= 11 is 1.59. The Labute approximate surface area is 172 Å². The minimum absolute atomic E-state index is 0.532. The maximum atomic E-state index is 5.51. The molecule has 4 aromatic rings. The molecule has 1 aliphatic heterocycles.